The van der Waals surface area contributed by atoms with E-state index < -0.39 is 0 Å². The first-order valence-corrected chi connectivity index (χ1v) is 5.72. The molecule has 0 fully saturated rings. The Morgan fingerprint density at radius 1 is 1.15 bits per heavy atom. The number of ketones is 1. The number of carbonyl (C=O) groups excluding carboxylic acids is 3. The van der Waals surface area contributed by atoms with Crippen molar-refractivity contribution in [3.63, 3.8) is 0 Å². The van der Waals surface area contributed by atoms with Crippen LogP contribution in [0.2, 0.25) is 0 Å². The zero-order valence-electron chi connectivity index (χ0n) is 10.8. The van der Waals surface area contributed by atoms with Crippen LogP contribution in [0.25, 0.3) is 6.08 Å². The van der Waals surface area contributed by atoms with Crippen LogP contribution in [-0.4, -0.2) is 21.9 Å². The van der Waals surface area contributed by atoms with Gasteiger partial charge < -0.3 is 0 Å². The molecule has 0 spiro atoms. The summed E-state index contributed by atoms with van der Waals surface area (Å²) < 4.78 is 0. The molecule has 2 rings (SSSR count). The summed E-state index contributed by atoms with van der Waals surface area (Å²) >= 11 is 0. The molecule has 0 bridgehead atoms. The van der Waals surface area contributed by atoms with Gasteiger partial charge in [-0.1, -0.05) is 12.1 Å². The molecule has 0 saturated heterocycles. The van der Waals surface area contributed by atoms with Gasteiger partial charge in [0.1, 0.15) is 5.69 Å². The van der Waals surface area contributed by atoms with Crippen LogP contribution in [0.15, 0.2) is 48.8 Å². The molecular weight excluding hydrogens is 256 g/mol. The molecule has 2 heterocycles. The van der Waals surface area contributed by atoms with Crippen LogP contribution < -0.4 is 0 Å². The largest absolute Gasteiger partial charge is 0.373 e. The smallest absolute Gasteiger partial charge is 0.288 e. The number of hydrogen-bond donors (Lipinski definition) is 0. The fourth-order valence-corrected chi connectivity index (χ4v) is 1.44. The summed E-state index contributed by atoms with van der Waals surface area (Å²) in [5.74, 6) is -0.0972. The summed E-state index contributed by atoms with van der Waals surface area (Å²) in [5, 5.41) is 0. The lowest BCUT2D eigenvalue weighted by molar-refractivity contribution is -0.191. The highest BCUT2D eigenvalue weighted by Gasteiger charge is 2.00. The fourth-order valence-electron chi connectivity index (χ4n) is 1.44. The molecule has 0 aliphatic carbocycles. The molecule has 20 heavy (non-hydrogen) atoms. The van der Waals surface area contributed by atoms with Crippen LogP contribution in [-0.2, 0) is 9.59 Å². The van der Waals surface area contributed by atoms with E-state index in [9.17, 15) is 4.79 Å². The van der Waals surface area contributed by atoms with E-state index in [1.807, 2.05) is 19.1 Å². The summed E-state index contributed by atoms with van der Waals surface area (Å²) in [6.45, 7) is 1.91. The number of hydrogen-bond acceptors (Lipinski definition) is 5. The van der Waals surface area contributed by atoms with Gasteiger partial charge in [-0.25, -0.2) is 0 Å². The van der Waals surface area contributed by atoms with Crippen LogP contribution in [0.4, 0.5) is 0 Å². The van der Waals surface area contributed by atoms with Crippen molar-refractivity contribution in [2.75, 3.05) is 0 Å². The van der Waals surface area contributed by atoms with Crippen LogP contribution >= 0.6 is 0 Å². The van der Waals surface area contributed by atoms with Crippen molar-refractivity contribution in [1.29, 1.82) is 0 Å². The second-order valence-electron chi connectivity index (χ2n) is 3.73. The summed E-state index contributed by atoms with van der Waals surface area (Å²) in [4.78, 5) is 36.1. The van der Waals surface area contributed by atoms with Gasteiger partial charge in [-0.3, -0.25) is 14.8 Å². The normalized spacial score (nSPS) is 9.45. The van der Waals surface area contributed by atoms with Crippen LogP contribution in [0.1, 0.15) is 21.7 Å². The molecule has 0 radical (unpaired) electrons. The SMILES string of the molecule is Cc1cc(/C=C\C(=O)c2ccccn2)ccn1.O=C=O. The number of aryl methyl sites for hydroxylation is 1. The second-order valence-corrected chi connectivity index (χ2v) is 3.73. The van der Waals surface area contributed by atoms with Crippen molar-refractivity contribution >= 4 is 18.0 Å². The molecule has 2 aromatic heterocycles. The van der Waals surface area contributed by atoms with E-state index >= 15 is 0 Å². The monoisotopic (exact) mass is 268 g/mol. The highest BCUT2D eigenvalue weighted by molar-refractivity contribution is 6.05. The van der Waals surface area contributed by atoms with Gasteiger partial charge in [-0.2, -0.15) is 9.59 Å². The molecule has 0 aliphatic heterocycles. The summed E-state index contributed by atoms with van der Waals surface area (Å²) in [5.41, 5.74) is 2.34. The molecule has 2 aromatic rings. The van der Waals surface area contributed by atoms with Crippen molar-refractivity contribution in [1.82, 2.24) is 9.97 Å². The van der Waals surface area contributed by atoms with Gasteiger partial charge in [0.25, 0.3) is 0 Å². The van der Waals surface area contributed by atoms with E-state index in [0.29, 0.717) is 5.69 Å². The average Bonchev–Trinajstić information content (AvgIpc) is 2.47. The Hall–Kier alpha value is -2.91. The molecule has 0 aliphatic rings. The van der Waals surface area contributed by atoms with Gasteiger partial charge in [0, 0.05) is 18.1 Å². The van der Waals surface area contributed by atoms with Crippen LogP contribution in [0, 0.1) is 6.92 Å². The third-order valence-corrected chi connectivity index (χ3v) is 2.27. The number of aromatic nitrogens is 2. The van der Waals surface area contributed by atoms with Gasteiger partial charge in [-0.05, 0) is 42.8 Å². The van der Waals surface area contributed by atoms with Gasteiger partial charge in [0.15, 0.2) is 0 Å². The minimum Gasteiger partial charge on any atom is -0.288 e. The quantitative estimate of drug-likeness (QED) is 0.629. The Kier molecular flexibility index (Phi) is 6.24. The van der Waals surface area contributed by atoms with E-state index in [4.69, 9.17) is 9.59 Å². The maximum absolute atomic E-state index is 11.7. The molecule has 0 amide bonds. The Labute approximate surface area is 116 Å². The summed E-state index contributed by atoms with van der Waals surface area (Å²) in [7, 11) is 0. The topological polar surface area (TPSA) is 77.0 Å². The van der Waals surface area contributed by atoms with Gasteiger partial charge in [0.05, 0.1) is 0 Å². The van der Waals surface area contributed by atoms with Gasteiger partial charge >= 0.3 is 6.15 Å². The zero-order valence-corrected chi connectivity index (χ0v) is 10.8. The average molecular weight is 268 g/mol. The number of rotatable bonds is 3. The van der Waals surface area contributed by atoms with Crippen molar-refractivity contribution in [2.45, 2.75) is 6.92 Å². The third kappa shape index (κ3) is 5.16. The highest BCUT2D eigenvalue weighted by atomic mass is 16.2. The molecule has 5 nitrogen and oxygen atoms in total. The first-order valence-electron chi connectivity index (χ1n) is 5.72. The predicted molar refractivity (Wildman–Crippen MR) is 71.6 cm³/mol. The standard InChI is InChI=1S/C14H12N2O.CO2/c1-11-10-12(7-9-15-11)5-6-14(17)13-4-2-3-8-16-13;2-1-3/h2-10H,1H3;/b6-5-;. The van der Waals surface area contributed by atoms with E-state index in [1.54, 1.807) is 36.7 Å². The molecule has 0 N–H and O–H groups in total. The summed E-state index contributed by atoms with van der Waals surface area (Å²) in [6.07, 6.45) is 6.88. The molecule has 5 heteroatoms. The molecule has 0 atom stereocenters. The minimum absolute atomic E-state index is 0.0972. The maximum atomic E-state index is 11.7. The number of allylic oxidation sites excluding steroid dienone is 1. The Bertz CT molecular complexity index is 631. The highest BCUT2D eigenvalue weighted by Crippen LogP contribution is 2.04. The first-order chi connectivity index (χ1) is 9.67. The Balaban J connectivity index is 0.000000612. The molecule has 0 aromatic carbocycles. The molecular formula is C15H12N2O3. The lowest BCUT2D eigenvalue weighted by Gasteiger charge is -1.95. The van der Waals surface area contributed by atoms with E-state index in [-0.39, 0.29) is 11.9 Å². The molecule has 0 unspecified atom stereocenters. The van der Waals surface area contributed by atoms with Crippen molar-refractivity contribution < 1.29 is 14.4 Å². The predicted octanol–water partition coefficient (Wildman–Crippen LogP) is 2.10. The van der Waals surface area contributed by atoms with Crippen molar-refractivity contribution in [3.8, 4) is 0 Å². The first kappa shape index (κ1) is 15.1. The fraction of sp³-hybridized carbons (Fsp3) is 0.0667. The van der Waals surface area contributed by atoms with E-state index in [2.05, 4.69) is 9.97 Å². The Morgan fingerprint density at radius 2 is 1.90 bits per heavy atom. The molecule has 100 valence electrons. The lowest BCUT2D eigenvalue weighted by Crippen LogP contribution is -1.96. The maximum Gasteiger partial charge on any atom is 0.373 e. The minimum atomic E-state index is -0.0972. The number of carbonyl (C=O) groups is 1. The second kappa shape index (κ2) is 8.24. The molecule has 0 saturated carbocycles. The van der Waals surface area contributed by atoms with Crippen LogP contribution in [0.3, 0.4) is 0 Å². The van der Waals surface area contributed by atoms with Crippen molar-refractivity contribution in [3.05, 3.63) is 65.8 Å². The lowest BCUT2D eigenvalue weighted by atomic mass is 10.2. The van der Waals surface area contributed by atoms with Gasteiger partial charge in [0.2, 0.25) is 5.78 Å². The zero-order chi connectivity index (χ0) is 14.8. The van der Waals surface area contributed by atoms with Crippen molar-refractivity contribution in [2.24, 2.45) is 0 Å². The van der Waals surface area contributed by atoms with Crippen LogP contribution in [0.5, 0.6) is 0 Å². The van der Waals surface area contributed by atoms with E-state index in [1.165, 1.54) is 6.08 Å². The Morgan fingerprint density at radius 3 is 2.50 bits per heavy atom. The number of nitrogens with zero attached hydrogens (tertiary/aromatic N) is 2. The van der Waals surface area contributed by atoms with E-state index in [0.717, 1.165) is 11.3 Å². The third-order valence-electron chi connectivity index (χ3n) is 2.27. The number of pyridine rings is 2. The van der Waals surface area contributed by atoms with Gasteiger partial charge in [-0.15, -0.1) is 0 Å². The summed E-state index contributed by atoms with van der Waals surface area (Å²) in [6, 6.07) is 9.05.